The van der Waals surface area contributed by atoms with Gasteiger partial charge < -0.3 is 9.64 Å². The predicted molar refractivity (Wildman–Crippen MR) is 62.9 cm³/mol. The number of nitrogens with zero attached hydrogens (tertiary/aromatic N) is 1. The molecule has 94 valence electrons. The van der Waals surface area contributed by atoms with Crippen LogP contribution in [0.15, 0.2) is 12.3 Å². The quantitative estimate of drug-likeness (QED) is 0.513. The highest BCUT2D eigenvalue weighted by atomic mass is 16.5. The molecule has 0 spiro atoms. The maximum absolute atomic E-state index is 12.3. The fraction of sp³-hybridized carbons (Fsp3) is 0.692. The number of hydrogen-bond donors (Lipinski definition) is 0. The van der Waals surface area contributed by atoms with Crippen LogP contribution in [0.3, 0.4) is 0 Å². The molecule has 1 saturated heterocycles. The van der Waals surface area contributed by atoms with Gasteiger partial charge in [-0.25, -0.2) is 0 Å². The van der Waals surface area contributed by atoms with E-state index in [1.807, 2.05) is 26.8 Å². The van der Waals surface area contributed by atoms with Gasteiger partial charge in [-0.2, -0.15) is 0 Å². The van der Waals surface area contributed by atoms with E-state index >= 15 is 0 Å². The highest BCUT2D eigenvalue weighted by Gasteiger charge is 2.50. The first kappa shape index (κ1) is 12.1. The summed E-state index contributed by atoms with van der Waals surface area (Å²) in [6.07, 6.45) is 4.58. The van der Waals surface area contributed by atoms with E-state index in [1.54, 1.807) is 11.1 Å². The summed E-state index contributed by atoms with van der Waals surface area (Å²) in [5.41, 5.74) is -0.344. The summed E-state index contributed by atoms with van der Waals surface area (Å²) in [6, 6.07) is 0. The molecule has 0 N–H and O–H groups in total. The average molecular weight is 237 g/mol. The van der Waals surface area contributed by atoms with Gasteiger partial charge in [0.25, 0.3) is 0 Å². The first-order valence-corrected chi connectivity index (χ1v) is 6.08. The van der Waals surface area contributed by atoms with Crippen molar-refractivity contribution in [2.45, 2.75) is 27.2 Å². The molecule has 4 nitrogen and oxygen atoms in total. The van der Waals surface area contributed by atoms with Crippen LogP contribution in [0, 0.1) is 17.3 Å². The zero-order chi connectivity index (χ0) is 12.6. The largest absolute Gasteiger partial charge is 0.465 e. The van der Waals surface area contributed by atoms with Crippen molar-refractivity contribution in [3.8, 4) is 0 Å². The highest BCUT2D eigenvalue weighted by molar-refractivity contribution is 5.99. The fourth-order valence-electron chi connectivity index (χ4n) is 2.35. The molecule has 0 aliphatic carbocycles. The summed E-state index contributed by atoms with van der Waals surface area (Å²) < 4.78 is 5.11. The third kappa shape index (κ3) is 1.96. The molecule has 17 heavy (non-hydrogen) atoms. The van der Waals surface area contributed by atoms with E-state index in [1.165, 1.54) is 0 Å². The minimum absolute atomic E-state index is 0.125. The second-order valence-corrected chi connectivity index (χ2v) is 5.49. The number of amides is 1. The minimum Gasteiger partial charge on any atom is -0.465 e. The van der Waals surface area contributed by atoms with E-state index in [0.717, 1.165) is 6.42 Å². The maximum Gasteiger partial charge on any atom is 0.319 e. The Hall–Kier alpha value is -1.32. The van der Waals surface area contributed by atoms with Crippen molar-refractivity contribution in [2.75, 3.05) is 13.2 Å². The standard InChI is InChI=1S/C13H19NO3/c1-9-8-17-12(16)10(13(9,2)3)11(15)14-6-4-5-7-14/h4,6,9-10H,5,7-8H2,1-3H3. The van der Waals surface area contributed by atoms with Crippen molar-refractivity contribution in [1.82, 2.24) is 4.90 Å². The lowest BCUT2D eigenvalue weighted by atomic mass is 9.68. The van der Waals surface area contributed by atoms with Gasteiger partial charge in [0.1, 0.15) is 5.92 Å². The Bertz CT molecular complexity index is 373. The summed E-state index contributed by atoms with van der Waals surface area (Å²) in [5.74, 6) is -0.978. The number of ether oxygens (including phenoxy) is 1. The van der Waals surface area contributed by atoms with E-state index in [2.05, 4.69) is 0 Å². The first-order chi connectivity index (χ1) is 7.94. The van der Waals surface area contributed by atoms with Crippen molar-refractivity contribution < 1.29 is 14.3 Å². The Labute approximate surface area is 102 Å². The van der Waals surface area contributed by atoms with Crippen molar-refractivity contribution in [1.29, 1.82) is 0 Å². The Morgan fingerprint density at radius 1 is 1.53 bits per heavy atom. The van der Waals surface area contributed by atoms with Crippen LogP contribution in [0.2, 0.25) is 0 Å². The molecule has 2 rings (SSSR count). The number of carbonyl (C=O) groups is 2. The molecule has 0 aromatic heterocycles. The van der Waals surface area contributed by atoms with Crippen molar-refractivity contribution >= 4 is 11.9 Å². The van der Waals surface area contributed by atoms with Crippen molar-refractivity contribution in [3.63, 3.8) is 0 Å². The van der Waals surface area contributed by atoms with Gasteiger partial charge in [0, 0.05) is 12.7 Å². The predicted octanol–water partition coefficient (Wildman–Crippen LogP) is 1.57. The SMILES string of the molecule is CC1COC(=O)C(C(=O)N2C=CCC2)C1(C)C. The minimum atomic E-state index is -0.672. The van der Waals surface area contributed by atoms with Crippen LogP contribution >= 0.6 is 0 Å². The fourth-order valence-corrected chi connectivity index (χ4v) is 2.35. The zero-order valence-electron chi connectivity index (χ0n) is 10.6. The summed E-state index contributed by atoms with van der Waals surface area (Å²) in [4.78, 5) is 25.8. The molecular weight excluding hydrogens is 218 g/mol. The topological polar surface area (TPSA) is 46.6 Å². The molecule has 1 fully saturated rings. The molecule has 0 bridgehead atoms. The van der Waals surface area contributed by atoms with Gasteiger partial charge in [-0.1, -0.05) is 26.8 Å². The summed E-state index contributed by atoms with van der Waals surface area (Å²) >= 11 is 0. The van der Waals surface area contributed by atoms with Gasteiger partial charge in [-0.15, -0.1) is 0 Å². The second-order valence-electron chi connectivity index (χ2n) is 5.49. The number of cyclic esters (lactones) is 1. The van der Waals surface area contributed by atoms with Crippen LogP contribution in [-0.2, 0) is 14.3 Å². The lowest BCUT2D eigenvalue weighted by Crippen LogP contribution is -2.51. The lowest BCUT2D eigenvalue weighted by Gasteiger charge is -2.41. The zero-order valence-corrected chi connectivity index (χ0v) is 10.6. The van der Waals surface area contributed by atoms with E-state index in [-0.39, 0.29) is 23.2 Å². The summed E-state index contributed by atoms with van der Waals surface area (Å²) in [7, 11) is 0. The summed E-state index contributed by atoms with van der Waals surface area (Å²) in [6.45, 7) is 7.05. The Morgan fingerprint density at radius 3 is 2.82 bits per heavy atom. The molecule has 2 atom stereocenters. The Kier molecular flexibility index (Phi) is 2.98. The molecular formula is C13H19NO3. The molecule has 2 heterocycles. The van der Waals surface area contributed by atoms with Gasteiger partial charge in [-0.3, -0.25) is 9.59 Å². The number of esters is 1. The lowest BCUT2D eigenvalue weighted by molar-refractivity contribution is -0.173. The van der Waals surface area contributed by atoms with Crippen LogP contribution in [0.25, 0.3) is 0 Å². The van der Waals surface area contributed by atoms with Gasteiger partial charge in [0.15, 0.2) is 0 Å². The average Bonchev–Trinajstić information content (AvgIpc) is 2.77. The van der Waals surface area contributed by atoms with Crippen LogP contribution < -0.4 is 0 Å². The highest BCUT2D eigenvalue weighted by Crippen LogP contribution is 2.41. The van der Waals surface area contributed by atoms with Gasteiger partial charge >= 0.3 is 5.97 Å². The van der Waals surface area contributed by atoms with E-state index < -0.39 is 5.92 Å². The molecule has 2 aliphatic rings. The molecule has 2 aliphatic heterocycles. The van der Waals surface area contributed by atoms with Crippen LogP contribution in [0.1, 0.15) is 27.2 Å². The van der Waals surface area contributed by atoms with E-state index in [0.29, 0.717) is 13.2 Å². The Morgan fingerprint density at radius 2 is 2.24 bits per heavy atom. The third-order valence-electron chi connectivity index (χ3n) is 4.08. The molecule has 2 unspecified atom stereocenters. The summed E-state index contributed by atoms with van der Waals surface area (Å²) in [5, 5.41) is 0. The molecule has 0 aromatic rings. The smallest absolute Gasteiger partial charge is 0.319 e. The number of carbonyl (C=O) groups excluding carboxylic acids is 2. The van der Waals surface area contributed by atoms with Gasteiger partial charge in [-0.05, 0) is 17.8 Å². The van der Waals surface area contributed by atoms with Crippen LogP contribution in [-0.4, -0.2) is 29.9 Å². The monoisotopic (exact) mass is 237 g/mol. The maximum atomic E-state index is 12.3. The molecule has 0 saturated carbocycles. The number of hydrogen-bond acceptors (Lipinski definition) is 3. The van der Waals surface area contributed by atoms with Gasteiger partial charge in [0.2, 0.25) is 5.91 Å². The molecule has 0 radical (unpaired) electrons. The van der Waals surface area contributed by atoms with Gasteiger partial charge in [0.05, 0.1) is 6.61 Å². The number of rotatable bonds is 1. The second kappa shape index (κ2) is 4.17. The molecule has 4 heteroatoms. The first-order valence-electron chi connectivity index (χ1n) is 6.08. The normalized spacial score (nSPS) is 31.5. The molecule has 0 aromatic carbocycles. The molecule has 1 amide bonds. The Balaban J connectivity index is 2.24. The van der Waals surface area contributed by atoms with E-state index in [4.69, 9.17) is 4.74 Å². The third-order valence-corrected chi connectivity index (χ3v) is 4.08. The van der Waals surface area contributed by atoms with Crippen LogP contribution in [0.5, 0.6) is 0 Å². The van der Waals surface area contributed by atoms with Crippen molar-refractivity contribution in [3.05, 3.63) is 12.3 Å². The van der Waals surface area contributed by atoms with Crippen molar-refractivity contribution in [2.24, 2.45) is 17.3 Å². The van der Waals surface area contributed by atoms with E-state index in [9.17, 15) is 9.59 Å². The van der Waals surface area contributed by atoms with Crippen LogP contribution in [0.4, 0.5) is 0 Å².